The number of rotatable bonds is 2. The highest BCUT2D eigenvalue weighted by atomic mass is 19.1. The van der Waals surface area contributed by atoms with E-state index in [1.54, 1.807) is 24.7 Å². The molecule has 1 N–H and O–H groups in total. The Morgan fingerprint density at radius 1 is 1.50 bits per heavy atom. The van der Waals surface area contributed by atoms with E-state index in [0.717, 1.165) is 11.1 Å². The molecular formula is C16H13FO3. The second kappa shape index (κ2) is 4.63. The predicted octanol–water partition coefficient (Wildman–Crippen LogP) is 3.73. The third-order valence-corrected chi connectivity index (χ3v) is 3.79. The molecular weight excluding hydrogens is 259 g/mol. The second-order valence-electron chi connectivity index (χ2n) is 4.96. The summed E-state index contributed by atoms with van der Waals surface area (Å²) in [7, 11) is 0. The molecule has 20 heavy (non-hydrogen) atoms. The minimum Gasteiger partial charge on any atom is -0.478 e. The number of halogens is 1. The summed E-state index contributed by atoms with van der Waals surface area (Å²) in [4.78, 5) is 11.4. The van der Waals surface area contributed by atoms with Gasteiger partial charge < -0.3 is 9.52 Å². The quantitative estimate of drug-likeness (QED) is 0.892. The number of allylic oxidation sites excluding steroid dienone is 6. The van der Waals surface area contributed by atoms with E-state index in [4.69, 9.17) is 4.42 Å². The fourth-order valence-electron chi connectivity index (χ4n) is 2.87. The Morgan fingerprint density at radius 3 is 2.95 bits per heavy atom. The molecule has 1 aromatic heterocycles. The molecule has 0 radical (unpaired) electrons. The van der Waals surface area contributed by atoms with E-state index in [1.165, 1.54) is 12.2 Å². The van der Waals surface area contributed by atoms with Crippen molar-refractivity contribution in [2.45, 2.75) is 6.92 Å². The molecule has 1 aromatic rings. The average Bonchev–Trinajstić information content (AvgIpc) is 2.97. The summed E-state index contributed by atoms with van der Waals surface area (Å²) in [6.45, 7) is 1.83. The molecule has 102 valence electrons. The first-order valence-corrected chi connectivity index (χ1v) is 6.34. The molecule has 0 fully saturated rings. The molecule has 0 spiro atoms. The molecule has 2 unspecified atom stereocenters. The summed E-state index contributed by atoms with van der Waals surface area (Å²) in [5, 5.41) is 9.37. The minimum absolute atomic E-state index is 0.175. The van der Waals surface area contributed by atoms with Crippen LogP contribution in [0.3, 0.4) is 0 Å². The van der Waals surface area contributed by atoms with Crippen LogP contribution in [0.4, 0.5) is 4.39 Å². The highest BCUT2D eigenvalue weighted by molar-refractivity contribution is 5.92. The van der Waals surface area contributed by atoms with E-state index >= 15 is 0 Å². The first kappa shape index (κ1) is 12.7. The van der Waals surface area contributed by atoms with Gasteiger partial charge >= 0.3 is 5.97 Å². The number of fused-ring (bicyclic) bond motifs is 1. The van der Waals surface area contributed by atoms with Gasteiger partial charge in [-0.2, -0.15) is 0 Å². The van der Waals surface area contributed by atoms with Gasteiger partial charge in [-0.25, -0.2) is 9.18 Å². The van der Waals surface area contributed by atoms with E-state index < -0.39 is 11.8 Å². The second-order valence-corrected chi connectivity index (χ2v) is 4.96. The SMILES string of the molecule is CC1C(C(=O)O)=C2C=C(F)C=CC2/C1=C\c1ccoc1. The summed E-state index contributed by atoms with van der Waals surface area (Å²) in [6.07, 6.45) is 9.49. The normalized spacial score (nSPS) is 26.9. The first-order valence-electron chi connectivity index (χ1n) is 6.34. The van der Waals surface area contributed by atoms with Gasteiger partial charge in [0.05, 0.1) is 12.5 Å². The van der Waals surface area contributed by atoms with Crippen molar-refractivity contribution >= 4 is 12.0 Å². The van der Waals surface area contributed by atoms with Gasteiger partial charge in [-0.15, -0.1) is 0 Å². The lowest BCUT2D eigenvalue weighted by Crippen LogP contribution is -2.07. The zero-order valence-corrected chi connectivity index (χ0v) is 10.8. The Labute approximate surface area is 115 Å². The van der Waals surface area contributed by atoms with Crippen molar-refractivity contribution in [1.29, 1.82) is 0 Å². The van der Waals surface area contributed by atoms with E-state index in [1.807, 2.05) is 13.0 Å². The van der Waals surface area contributed by atoms with Crippen LogP contribution in [0.1, 0.15) is 12.5 Å². The molecule has 2 aliphatic rings. The lowest BCUT2D eigenvalue weighted by molar-refractivity contribution is -0.133. The molecule has 0 saturated carbocycles. The van der Waals surface area contributed by atoms with Crippen molar-refractivity contribution in [2.24, 2.45) is 11.8 Å². The molecule has 0 aromatic carbocycles. The molecule has 2 atom stereocenters. The van der Waals surface area contributed by atoms with Crippen LogP contribution in [0.15, 0.2) is 63.8 Å². The van der Waals surface area contributed by atoms with Crippen molar-refractivity contribution < 1.29 is 18.7 Å². The molecule has 3 rings (SSSR count). The largest absolute Gasteiger partial charge is 0.478 e. The number of furan rings is 1. The molecule has 3 nitrogen and oxygen atoms in total. The third-order valence-electron chi connectivity index (χ3n) is 3.79. The number of hydrogen-bond acceptors (Lipinski definition) is 2. The van der Waals surface area contributed by atoms with Gasteiger partial charge in [-0.05, 0) is 23.8 Å². The van der Waals surface area contributed by atoms with Gasteiger partial charge in [0, 0.05) is 23.0 Å². The van der Waals surface area contributed by atoms with Gasteiger partial charge in [0.25, 0.3) is 0 Å². The van der Waals surface area contributed by atoms with Crippen LogP contribution in [0.5, 0.6) is 0 Å². The van der Waals surface area contributed by atoms with Crippen LogP contribution >= 0.6 is 0 Å². The van der Waals surface area contributed by atoms with Crippen LogP contribution in [0, 0.1) is 11.8 Å². The molecule has 0 aliphatic heterocycles. The number of carboxylic acids is 1. The standard InChI is InChI=1S/C16H13FO3/c1-9-13(6-10-4-5-20-8-10)12-3-2-11(17)7-14(12)15(9)16(18)19/h2-9,12H,1H3,(H,18,19)/b13-6-. The topological polar surface area (TPSA) is 50.4 Å². The summed E-state index contributed by atoms with van der Waals surface area (Å²) in [6, 6.07) is 1.81. The maximum absolute atomic E-state index is 13.4. The summed E-state index contributed by atoms with van der Waals surface area (Å²) < 4.78 is 18.4. The molecule has 0 amide bonds. The van der Waals surface area contributed by atoms with Gasteiger partial charge in [0.1, 0.15) is 5.83 Å². The van der Waals surface area contributed by atoms with E-state index in [9.17, 15) is 14.3 Å². The smallest absolute Gasteiger partial charge is 0.332 e. The van der Waals surface area contributed by atoms with Gasteiger partial charge in [0.15, 0.2) is 0 Å². The maximum Gasteiger partial charge on any atom is 0.332 e. The van der Waals surface area contributed by atoms with Crippen molar-refractivity contribution in [3.63, 3.8) is 0 Å². The fourth-order valence-corrected chi connectivity index (χ4v) is 2.87. The highest BCUT2D eigenvalue weighted by Crippen LogP contribution is 2.46. The molecule has 2 aliphatic carbocycles. The monoisotopic (exact) mass is 272 g/mol. The van der Waals surface area contributed by atoms with Gasteiger partial charge in [0.2, 0.25) is 0 Å². The Hall–Kier alpha value is -2.36. The molecule has 0 saturated heterocycles. The zero-order chi connectivity index (χ0) is 14.3. The Bertz CT molecular complexity index is 675. The number of hydrogen-bond donors (Lipinski definition) is 1. The predicted molar refractivity (Wildman–Crippen MR) is 72.3 cm³/mol. The van der Waals surface area contributed by atoms with Crippen LogP contribution in [0.2, 0.25) is 0 Å². The van der Waals surface area contributed by atoms with E-state index in [0.29, 0.717) is 5.57 Å². The van der Waals surface area contributed by atoms with Crippen molar-refractivity contribution in [2.75, 3.05) is 0 Å². The maximum atomic E-state index is 13.4. The lowest BCUT2D eigenvalue weighted by Gasteiger charge is -2.15. The van der Waals surface area contributed by atoms with Gasteiger partial charge in [-0.3, -0.25) is 0 Å². The van der Waals surface area contributed by atoms with Crippen LogP contribution in [-0.2, 0) is 4.79 Å². The highest BCUT2D eigenvalue weighted by Gasteiger charge is 2.37. The number of aliphatic carboxylic acids is 1. The van der Waals surface area contributed by atoms with E-state index in [-0.39, 0.29) is 17.4 Å². The van der Waals surface area contributed by atoms with Crippen molar-refractivity contribution in [1.82, 2.24) is 0 Å². The lowest BCUT2D eigenvalue weighted by atomic mass is 9.89. The van der Waals surface area contributed by atoms with Crippen LogP contribution in [0.25, 0.3) is 6.08 Å². The third kappa shape index (κ3) is 1.93. The van der Waals surface area contributed by atoms with E-state index in [2.05, 4.69) is 0 Å². The fraction of sp³-hybridized carbons (Fsp3) is 0.188. The molecule has 1 heterocycles. The Morgan fingerprint density at radius 2 is 2.30 bits per heavy atom. The van der Waals surface area contributed by atoms with Crippen LogP contribution < -0.4 is 0 Å². The van der Waals surface area contributed by atoms with Gasteiger partial charge in [-0.1, -0.05) is 24.6 Å². The summed E-state index contributed by atoms with van der Waals surface area (Å²) in [5.74, 6) is -1.83. The van der Waals surface area contributed by atoms with Crippen molar-refractivity contribution in [3.8, 4) is 0 Å². The average molecular weight is 272 g/mol. The number of carboxylic acid groups (broad SMARTS) is 1. The summed E-state index contributed by atoms with van der Waals surface area (Å²) >= 11 is 0. The zero-order valence-electron chi connectivity index (χ0n) is 10.8. The number of carbonyl (C=O) groups is 1. The first-order chi connectivity index (χ1) is 9.58. The Kier molecular flexibility index (Phi) is 2.93. The summed E-state index contributed by atoms with van der Waals surface area (Å²) in [5.41, 5.74) is 2.63. The Balaban J connectivity index is 2.11. The molecule has 0 bridgehead atoms. The van der Waals surface area contributed by atoms with Crippen molar-refractivity contribution in [3.05, 3.63) is 64.9 Å². The van der Waals surface area contributed by atoms with Crippen LogP contribution in [-0.4, -0.2) is 11.1 Å². The molecule has 4 heteroatoms. The minimum atomic E-state index is -0.993.